The van der Waals surface area contributed by atoms with Crippen LogP contribution >= 0.6 is 27.3 Å². The Balaban J connectivity index is 2.07. The number of fused-ring (bicyclic) bond motifs is 1. The molecule has 0 saturated carbocycles. The van der Waals surface area contributed by atoms with Crippen molar-refractivity contribution in [2.45, 2.75) is 25.8 Å². The summed E-state index contributed by atoms with van der Waals surface area (Å²) in [6.45, 7) is 3.22. The Kier molecular flexibility index (Phi) is 3.55. The fourth-order valence-electron chi connectivity index (χ4n) is 2.81. The number of rotatable bonds is 3. The molecule has 1 aliphatic carbocycles. The van der Waals surface area contributed by atoms with Crippen molar-refractivity contribution in [1.29, 1.82) is 0 Å². The molecule has 2 aromatic rings. The average Bonchev–Trinajstić information content (AvgIpc) is 2.97. The van der Waals surface area contributed by atoms with Gasteiger partial charge in [0.2, 0.25) is 0 Å². The molecule has 0 spiro atoms. The summed E-state index contributed by atoms with van der Waals surface area (Å²) in [5, 5.41) is 5.73. The van der Waals surface area contributed by atoms with Crippen LogP contribution in [0.4, 0.5) is 0 Å². The van der Waals surface area contributed by atoms with Crippen LogP contribution < -0.4 is 5.32 Å². The van der Waals surface area contributed by atoms with E-state index in [2.05, 4.69) is 57.8 Å². The molecule has 0 fully saturated rings. The van der Waals surface area contributed by atoms with E-state index in [1.165, 1.54) is 38.9 Å². The van der Waals surface area contributed by atoms with Crippen molar-refractivity contribution in [3.8, 4) is 10.4 Å². The molecule has 1 unspecified atom stereocenters. The lowest BCUT2D eigenvalue weighted by atomic mass is 10.0. The van der Waals surface area contributed by atoms with Gasteiger partial charge < -0.3 is 5.32 Å². The van der Waals surface area contributed by atoms with E-state index in [4.69, 9.17) is 0 Å². The van der Waals surface area contributed by atoms with E-state index in [1.54, 1.807) is 0 Å². The minimum absolute atomic E-state index is 0.545. The van der Waals surface area contributed by atoms with Crippen molar-refractivity contribution < 1.29 is 0 Å². The summed E-state index contributed by atoms with van der Waals surface area (Å²) >= 11 is 5.47. The van der Waals surface area contributed by atoms with Gasteiger partial charge in [-0.25, -0.2) is 0 Å². The minimum Gasteiger partial charge on any atom is -0.310 e. The zero-order valence-electron chi connectivity index (χ0n) is 10.4. The molecule has 0 saturated heterocycles. The lowest BCUT2D eigenvalue weighted by Crippen LogP contribution is -2.18. The number of halogens is 1. The van der Waals surface area contributed by atoms with Gasteiger partial charge in [0, 0.05) is 15.4 Å². The second-order valence-electron chi connectivity index (χ2n) is 4.62. The third-order valence-electron chi connectivity index (χ3n) is 3.58. The molecular formula is C15H16BrNS. The van der Waals surface area contributed by atoms with Crippen molar-refractivity contribution in [2.75, 3.05) is 6.54 Å². The second-order valence-corrected chi connectivity index (χ2v) is 6.39. The van der Waals surface area contributed by atoms with E-state index in [-0.39, 0.29) is 0 Å². The summed E-state index contributed by atoms with van der Waals surface area (Å²) in [7, 11) is 0. The Morgan fingerprint density at radius 3 is 3.00 bits per heavy atom. The van der Waals surface area contributed by atoms with Crippen LogP contribution in [-0.2, 0) is 6.42 Å². The molecule has 3 heteroatoms. The first-order valence-corrected chi connectivity index (χ1v) is 8.07. The highest BCUT2D eigenvalue weighted by Crippen LogP contribution is 2.41. The Morgan fingerprint density at radius 2 is 2.28 bits per heavy atom. The van der Waals surface area contributed by atoms with Gasteiger partial charge in [-0.05, 0) is 63.5 Å². The van der Waals surface area contributed by atoms with Gasteiger partial charge in [0.25, 0.3) is 0 Å². The number of hydrogen-bond acceptors (Lipinski definition) is 2. The quantitative estimate of drug-likeness (QED) is 0.858. The lowest BCUT2D eigenvalue weighted by molar-refractivity contribution is 0.549. The summed E-state index contributed by atoms with van der Waals surface area (Å²) in [4.78, 5) is 1.36. The van der Waals surface area contributed by atoms with Crippen LogP contribution in [0.5, 0.6) is 0 Å². The maximum Gasteiger partial charge on any atom is 0.0487 e. The zero-order valence-corrected chi connectivity index (χ0v) is 12.8. The molecule has 0 aliphatic heterocycles. The lowest BCUT2D eigenvalue weighted by Gasteiger charge is -2.13. The molecule has 1 N–H and O–H groups in total. The van der Waals surface area contributed by atoms with Crippen LogP contribution in [0.2, 0.25) is 0 Å². The predicted molar refractivity (Wildman–Crippen MR) is 82.2 cm³/mol. The average molecular weight is 322 g/mol. The molecule has 1 heterocycles. The van der Waals surface area contributed by atoms with Crippen molar-refractivity contribution in [3.63, 3.8) is 0 Å². The maximum atomic E-state index is 3.65. The smallest absolute Gasteiger partial charge is 0.0487 e. The highest BCUT2D eigenvalue weighted by molar-refractivity contribution is 9.10. The molecule has 3 rings (SSSR count). The third kappa shape index (κ3) is 2.04. The molecule has 0 bridgehead atoms. The fraction of sp³-hybridized carbons (Fsp3) is 0.333. The van der Waals surface area contributed by atoms with E-state index in [0.717, 1.165) is 6.54 Å². The molecule has 0 radical (unpaired) electrons. The summed E-state index contributed by atoms with van der Waals surface area (Å²) in [6, 6.07) is 9.40. The maximum absolute atomic E-state index is 3.65. The topological polar surface area (TPSA) is 12.0 Å². The highest BCUT2D eigenvalue weighted by atomic mass is 79.9. The minimum atomic E-state index is 0.545. The molecule has 1 nitrogen and oxygen atoms in total. The number of benzene rings is 1. The van der Waals surface area contributed by atoms with Gasteiger partial charge in [0.1, 0.15) is 0 Å². The van der Waals surface area contributed by atoms with E-state index >= 15 is 0 Å². The molecule has 94 valence electrons. The first kappa shape index (κ1) is 12.4. The van der Waals surface area contributed by atoms with Gasteiger partial charge in [-0.1, -0.05) is 25.1 Å². The second kappa shape index (κ2) is 5.16. The molecule has 1 aliphatic rings. The van der Waals surface area contributed by atoms with Crippen molar-refractivity contribution in [2.24, 2.45) is 0 Å². The first-order valence-electron chi connectivity index (χ1n) is 6.39. The van der Waals surface area contributed by atoms with Crippen LogP contribution in [0.15, 0.2) is 34.1 Å². The predicted octanol–water partition coefficient (Wildman–Crippen LogP) is 4.77. The van der Waals surface area contributed by atoms with E-state index in [1.807, 2.05) is 11.3 Å². The van der Waals surface area contributed by atoms with E-state index < -0.39 is 0 Å². The van der Waals surface area contributed by atoms with Crippen molar-refractivity contribution in [1.82, 2.24) is 5.32 Å². The Morgan fingerprint density at radius 1 is 1.39 bits per heavy atom. The van der Waals surface area contributed by atoms with Crippen molar-refractivity contribution in [3.05, 3.63) is 45.2 Å². The molecule has 1 aromatic heterocycles. The molecule has 0 amide bonds. The highest BCUT2D eigenvalue weighted by Gasteiger charge is 2.24. The normalized spacial score (nSPS) is 18.0. The van der Waals surface area contributed by atoms with E-state index in [0.29, 0.717) is 6.04 Å². The number of nitrogens with one attached hydrogen (secondary N) is 1. The SMILES string of the molecule is CCNC1CCc2c(-c3sccc3Br)cccc21. The Hall–Kier alpha value is -0.640. The molecule has 1 atom stereocenters. The Labute approximate surface area is 120 Å². The summed E-state index contributed by atoms with van der Waals surface area (Å²) in [6.07, 6.45) is 2.41. The number of hydrogen-bond donors (Lipinski definition) is 1. The first-order chi connectivity index (χ1) is 8.81. The van der Waals surface area contributed by atoms with Crippen LogP contribution in [0.3, 0.4) is 0 Å². The fourth-order valence-corrected chi connectivity index (χ4v) is 4.45. The monoisotopic (exact) mass is 321 g/mol. The van der Waals surface area contributed by atoms with Gasteiger partial charge in [0.05, 0.1) is 0 Å². The Bertz CT molecular complexity index is 561. The van der Waals surface area contributed by atoms with Crippen LogP contribution in [0.25, 0.3) is 10.4 Å². The van der Waals surface area contributed by atoms with Crippen LogP contribution in [-0.4, -0.2) is 6.54 Å². The van der Waals surface area contributed by atoms with Crippen molar-refractivity contribution >= 4 is 27.3 Å². The summed E-state index contributed by atoms with van der Waals surface area (Å²) in [5.41, 5.74) is 4.44. The summed E-state index contributed by atoms with van der Waals surface area (Å²) < 4.78 is 1.22. The van der Waals surface area contributed by atoms with Gasteiger partial charge >= 0.3 is 0 Å². The number of thiophene rings is 1. The third-order valence-corrected chi connectivity index (χ3v) is 5.45. The van der Waals surface area contributed by atoms with Crippen LogP contribution in [0.1, 0.15) is 30.5 Å². The zero-order chi connectivity index (χ0) is 12.5. The molecular weight excluding hydrogens is 306 g/mol. The molecule has 1 aromatic carbocycles. The van der Waals surface area contributed by atoms with Gasteiger partial charge in [-0.2, -0.15) is 0 Å². The van der Waals surface area contributed by atoms with Crippen LogP contribution in [0, 0.1) is 0 Å². The van der Waals surface area contributed by atoms with Gasteiger partial charge in [-0.3, -0.25) is 0 Å². The molecule has 18 heavy (non-hydrogen) atoms. The standard InChI is InChI=1S/C15H16BrNS/c1-2-17-14-7-6-10-11(14)4-3-5-12(10)15-13(16)8-9-18-15/h3-5,8-9,14,17H,2,6-7H2,1H3. The summed E-state index contributed by atoms with van der Waals surface area (Å²) in [5.74, 6) is 0. The van der Waals surface area contributed by atoms with Gasteiger partial charge in [-0.15, -0.1) is 11.3 Å². The van der Waals surface area contributed by atoms with E-state index in [9.17, 15) is 0 Å². The largest absolute Gasteiger partial charge is 0.310 e. The van der Waals surface area contributed by atoms with Gasteiger partial charge in [0.15, 0.2) is 0 Å².